The minimum Gasteiger partial charge on any atom is -0.507 e. The highest BCUT2D eigenvalue weighted by molar-refractivity contribution is 6.51. The number of amides is 1. The van der Waals surface area contributed by atoms with Crippen molar-refractivity contribution in [2.75, 3.05) is 32.8 Å². The number of Topliss-reactive ketones (excluding diaryl/α,β-unsaturated/α-hetero) is 1. The van der Waals surface area contributed by atoms with Crippen LogP contribution in [0.25, 0.3) is 5.76 Å². The van der Waals surface area contributed by atoms with Crippen molar-refractivity contribution >= 4 is 23.1 Å². The number of aliphatic hydroxyl groups excluding tert-OH is 1. The summed E-state index contributed by atoms with van der Waals surface area (Å²) in [5.74, 6) is -0.0699. The van der Waals surface area contributed by atoms with Crippen molar-refractivity contribution in [3.63, 3.8) is 0 Å². The standard InChI is InChI=1S/C33H37NO7/c1-9-41-24-15-12-20(16-23(24)33(3,4)5)29(35)27-28(21-17-25(38-6)31(40-8)26(18-21)39-7)34(32(37)30(27)36)22-13-10-19(2)11-14-22/h10-18,28,35H,9H2,1-8H3/b29-27+. The Balaban J connectivity index is 2.02. The molecule has 0 aliphatic carbocycles. The number of anilines is 1. The summed E-state index contributed by atoms with van der Waals surface area (Å²) in [5.41, 5.74) is 2.91. The molecular weight excluding hydrogens is 522 g/mol. The maximum atomic E-state index is 13.7. The third-order valence-corrected chi connectivity index (χ3v) is 7.12. The number of benzene rings is 3. The van der Waals surface area contributed by atoms with E-state index in [0.717, 1.165) is 11.1 Å². The molecule has 1 N–H and O–H groups in total. The molecule has 0 spiro atoms. The van der Waals surface area contributed by atoms with E-state index in [-0.39, 0.29) is 16.7 Å². The van der Waals surface area contributed by atoms with Gasteiger partial charge in [0, 0.05) is 16.8 Å². The summed E-state index contributed by atoms with van der Waals surface area (Å²) in [6, 6.07) is 15.0. The van der Waals surface area contributed by atoms with Crippen molar-refractivity contribution in [3.05, 3.63) is 82.4 Å². The number of nitrogens with zero attached hydrogens (tertiary/aromatic N) is 1. The molecular formula is C33H37NO7. The molecule has 0 radical (unpaired) electrons. The molecule has 4 rings (SSSR count). The predicted octanol–water partition coefficient (Wildman–Crippen LogP) is 6.34. The van der Waals surface area contributed by atoms with E-state index in [2.05, 4.69) is 0 Å². The van der Waals surface area contributed by atoms with Gasteiger partial charge in [-0.25, -0.2) is 0 Å². The normalized spacial score (nSPS) is 16.6. The van der Waals surface area contributed by atoms with Crippen molar-refractivity contribution in [3.8, 4) is 23.0 Å². The number of methoxy groups -OCH3 is 3. The molecule has 0 aromatic heterocycles. The molecule has 216 valence electrons. The van der Waals surface area contributed by atoms with Crippen LogP contribution in [0.2, 0.25) is 0 Å². The Morgan fingerprint density at radius 3 is 2.00 bits per heavy atom. The fourth-order valence-electron chi connectivity index (χ4n) is 5.08. The van der Waals surface area contributed by atoms with Crippen molar-refractivity contribution < 1.29 is 33.6 Å². The van der Waals surface area contributed by atoms with Crippen molar-refractivity contribution in [1.82, 2.24) is 0 Å². The minimum absolute atomic E-state index is 0.0473. The zero-order chi connectivity index (χ0) is 30.1. The van der Waals surface area contributed by atoms with Crippen LogP contribution in [0.1, 0.15) is 56.0 Å². The van der Waals surface area contributed by atoms with Gasteiger partial charge in [0.15, 0.2) is 11.5 Å². The van der Waals surface area contributed by atoms with Gasteiger partial charge in [-0.2, -0.15) is 0 Å². The Hall–Kier alpha value is -4.46. The number of carbonyl (C=O) groups excluding carboxylic acids is 2. The molecule has 1 unspecified atom stereocenters. The lowest BCUT2D eigenvalue weighted by atomic mass is 9.84. The number of hydrogen-bond acceptors (Lipinski definition) is 7. The van der Waals surface area contributed by atoms with Gasteiger partial charge in [-0.05, 0) is 67.3 Å². The highest BCUT2D eigenvalue weighted by atomic mass is 16.5. The number of carbonyl (C=O) groups is 2. The van der Waals surface area contributed by atoms with Crippen molar-refractivity contribution in [2.24, 2.45) is 0 Å². The molecule has 41 heavy (non-hydrogen) atoms. The van der Waals surface area contributed by atoms with Crippen molar-refractivity contribution in [2.45, 2.75) is 46.1 Å². The SMILES string of the molecule is CCOc1ccc(/C(O)=C2\C(=O)C(=O)N(c3ccc(C)cc3)C2c2cc(OC)c(OC)c(OC)c2)cc1C(C)(C)C. The fraction of sp³-hybridized carbons (Fsp3) is 0.333. The van der Waals surface area contributed by atoms with Crippen LogP contribution in [0.15, 0.2) is 60.2 Å². The largest absolute Gasteiger partial charge is 0.507 e. The topological polar surface area (TPSA) is 94.5 Å². The third kappa shape index (κ3) is 5.46. The Bertz CT molecular complexity index is 1470. The predicted molar refractivity (Wildman–Crippen MR) is 158 cm³/mol. The Morgan fingerprint density at radius 2 is 1.49 bits per heavy atom. The van der Waals surface area contributed by atoms with Crippen LogP contribution in [0.3, 0.4) is 0 Å². The van der Waals surface area contributed by atoms with Crippen LogP contribution in [-0.4, -0.2) is 44.7 Å². The van der Waals surface area contributed by atoms with Gasteiger partial charge >= 0.3 is 0 Å². The van der Waals surface area contributed by atoms with Gasteiger partial charge in [-0.3, -0.25) is 14.5 Å². The number of ketones is 1. The number of ether oxygens (including phenoxy) is 4. The lowest BCUT2D eigenvalue weighted by Gasteiger charge is -2.27. The van der Waals surface area contributed by atoms with Gasteiger partial charge in [-0.15, -0.1) is 0 Å². The zero-order valence-corrected chi connectivity index (χ0v) is 24.8. The second kappa shape index (κ2) is 11.6. The van der Waals surface area contributed by atoms with Crippen LogP contribution in [0, 0.1) is 6.92 Å². The first-order chi connectivity index (χ1) is 19.5. The van der Waals surface area contributed by atoms with Gasteiger partial charge < -0.3 is 24.1 Å². The van der Waals surface area contributed by atoms with E-state index in [4.69, 9.17) is 18.9 Å². The molecule has 3 aromatic rings. The number of hydrogen-bond donors (Lipinski definition) is 1. The van der Waals surface area contributed by atoms with Gasteiger partial charge in [0.25, 0.3) is 11.7 Å². The Morgan fingerprint density at radius 1 is 0.878 bits per heavy atom. The van der Waals surface area contributed by atoms with Crippen LogP contribution in [0.4, 0.5) is 5.69 Å². The molecule has 8 heteroatoms. The smallest absolute Gasteiger partial charge is 0.300 e. The highest BCUT2D eigenvalue weighted by Crippen LogP contribution is 2.47. The summed E-state index contributed by atoms with van der Waals surface area (Å²) < 4.78 is 22.5. The molecule has 8 nitrogen and oxygen atoms in total. The van der Waals surface area contributed by atoms with E-state index >= 15 is 0 Å². The number of aliphatic hydroxyl groups is 1. The van der Waals surface area contributed by atoms with Gasteiger partial charge in [0.1, 0.15) is 11.5 Å². The van der Waals surface area contributed by atoms with Crippen LogP contribution in [-0.2, 0) is 15.0 Å². The maximum absolute atomic E-state index is 13.7. The highest BCUT2D eigenvalue weighted by Gasteiger charge is 2.47. The molecule has 1 aliphatic rings. The average molecular weight is 560 g/mol. The van der Waals surface area contributed by atoms with E-state index in [1.165, 1.54) is 26.2 Å². The van der Waals surface area contributed by atoms with Crippen LogP contribution in [0.5, 0.6) is 23.0 Å². The first-order valence-corrected chi connectivity index (χ1v) is 13.4. The Labute approximate surface area is 241 Å². The van der Waals surface area contributed by atoms with E-state index in [9.17, 15) is 14.7 Å². The third-order valence-electron chi connectivity index (χ3n) is 7.12. The maximum Gasteiger partial charge on any atom is 0.300 e. The molecule has 1 heterocycles. The molecule has 1 aliphatic heterocycles. The second-order valence-corrected chi connectivity index (χ2v) is 10.9. The Kier molecular flexibility index (Phi) is 8.33. The fourth-order valence-corrected chi connectivity index (χ4v) is 5.08. The summed E-state index contributed by atoms with van der Waals surface area (Å²) >= 11 is 0. The van der Waals surface area contributed by atoms with E-state index in [1.54, 1.807) is 36.4 Å². The molecule has 0 saturated carbocycles. The summed E-state index contributed by atoms with van der Waals surface area (Å²) in [7, 11) is 4.48. The van der Waals surface area contributed by atoms with Crippen LogP contribution < -0.4 is 23.8 Å². The molecule has 3 aromatic carbocycles. The molecule has 0 bridgehead atoms. The van der Waals surface area contributed by atoms with E-state index in [1.807, 2.05) is 52.8 Å². The average Bonchev–Trinajstić information content (AvgIpc) is 3.21. The van der Waals surface area contributed by atoms with E-state index in [0.29, 0.717) is 46.4 Å². The molecule has 1 atom stereocenters. The van der Waals surface area contributed by atoms with Gasteiger partial charge in [0.2, 0.25) is 5.75 Å². The lowest BCUT2D eigenvalue weighted by molar-refractivity contribution is -0.132. The van der Waals surface area contributed by atoms with Crippen molar-refractivity contribution in [1.29, 1.82) is 0 Å². The van der Waals surface area contributed by atoms with Gasteiger partial charge in [0.05, 0.1) is 39.6 Å². The first kappa shape index (κ1) is 29.5. The molecule has 1 saturated heterocycles. The van der Waals surface area contributed by atoms with E-state index < -0.39 is 17.7 Å². The van der Waals surface area contributed by atoms with Gasteiger partial charge in [-0.1, -0.05) is 38.5 Å². The summed E-state index contributed by atoms with van der Waals surface area (Å²) in [6.07, 6.45) is 0. The second-order valence-electron chi connectivity index (χ2n) is 10.9. The quantitative estimate of drug-likeness (QED) is 0.195. The summed E-state index contributed by atoms with van der Waals surface area (Å²) in [6.45, 7) is 10.5. The number of rotatable bonds is 8. The first-order valence-electron chi connectivity index (χ1n) is 13.4. The monoisotopic (exact) mass is 559 g/mol. The summed E-state index contributed by atoms with van der Waals surface area (Å²) in [4.78, 5) is 28.8. The van der Waals surface area contributed by atoms with Crippen LogP contribution >= 0.6 is 0 Å². The molecule has 1 fully saturated rings. The minimum atomic E-state index is -0.976. The lowest BCUT2D eigenvalue weighted by Crippen LogP contribution is -2.29. The molecule has 1 amide bonds. The summed E-state index contributed by atoms with van der Waals surface area (Å²) in [5, 5.41) is 11.8. The number of aryl methyl sites for hydroxylation is 1. The zero-order valence-electron chi connectivity index (χ0n) is 24.8.